The van der Waals surface area contributed by atoms with Gasteiger partial charge in [-0.2, -0.15) is 0 Å². The van der Waals surface area contributed by atoms with Crippen molar-refractivity contribution in [2.24, 2.45) is 5.92 Å². The van der Waals surface area contributed by atoms with Gasteiger partial charge < -0.3 is 24.2 Å². The molecular weight excluding hydrogens is 450 g/mol. The van der Waals surface area contributed by atoms with Crippen molar-refractivity contribution in [2.75, 3.05) is 39.2 Å². The lowest BCUT2D eigenvalue weighted by Gasteiger charge is -2.39. The van der Waals surface area contributed by atoms with Gasteiger partial charge in [0.2, 0.25) is 0 Å². The number of hydrogen-bond acceptors (Lipinski definition) is 7. The molecule has 1 fully saturated rings. The Hall–Kier alpha value is -2.68. The third kappa shape index (κ3) is 4.89. The molecule has 0 radical (unpaired) electrons. The van der Waals surface area contributed by atoms with Gasteiger partial charge in [0.25, 0.3) is 0 Å². The van der Waals surface area contributed by atoms with E-state index < -0.39 is 11.1 Å². The van der Waals surface area contributed by atoms with Crippen LogP contribution >= 0.6 is 0 Å². The lowest BCUT2D eigenvalue weighted by atomic mass is 9.89. The Morgan fingerprint density at radius 1 is 1.26 bits per heavy atom. The number of aromatic hydroxyl groups is 1. The fourth-order valence-corrected chi connectivity index (χ4v) is 5.41. The molecule has 2 heterocycles. The summed E-state index contributed by atoms with van der Waals surface area (Å²) in [5.41, 5.74) is 3.90. The van der Waals surface area contributed by atoms with Crippen LogP contribution in [0.25, 0.3) is 22.0 Å². The SMILES string of the molecule is COc1cccc(-c2ccc3ncc(CS(=O)[O-])c(N4CCC(C(C)N(C)C)CC4)c3c2)c1O. The number of anilines is 1. The maximum Gasteiger partial charge on any atom is 0.165 e. The van der Waals surface area contributed by atoms with Gasteiger partial charge in [0, 0.05) is 47.6 Å². The quantitative estimate of drug-likeness (QED) is 0.506. The third-order valence-electron chi connectivity index (χ3n) is 7.07. The molecule has 4 rings (SSSR count). The minimum Gasteiger partial charge on any atom is -0.772 e. The molecule has 1 aromatic heterocycles. The zero-order chi connectivity index (χ0) is 24.4. The first kappa shape index (κ1) is 24.4. The highest BCUT2D eigenvalue weighted by molar-refractivity contribution is 7.78. The van der Waals surface area contributed by atoms with Gasteiger partial charge in [0.05, 0.1) is 18.3 Å². The normalized spacial score (nSPS) is 16.7. The first-order chi connectivity index (χ1) is 16.3. The van der Waals surface area contributed by atoms with Crippen molar-refractivity contribution in [1.82, 2.24) is 9.88 Å². The summed E-state index contributed by atoms with van der Waals surface area (Å²) >= 11 is -2.22. The number of pyridine rings is 1. The van der Waals surface area contributed by atoms with Crippen LogP contribution in [0.5, 0.6) is 11.5 Å². The van der Waals surface area contributed by atoms with Crippen molar-refractivity contribution in [2.45, 2.75) is 31.6 Å². The van der Waals surface area contributed by atoms with E-state index >= 15 is 0 Å². The minimum atomic E-state index is -2.22. The van der Waals surface area contributed by atoms with Gasteiger partial charge in [-0.05, 0) is 63.5 Å². The number of hydrogen-bond donors (Lipinski definition) is 1. The molecule has 182 valence electrons. The molecule has 1 aliphatic rings. The Morgan fingerprint density at radius 2 is 2.00 bits per heavy atom. The highest BCUT2D eigenvalue weighted by Crippen LogP contribution is 2.40. The van der Waals surface area contributed by atoms with Gasteiger partial charge in [-0.3, -0.25) is 9.19 Å². The second-order valence-electron chi connectivity index (χ2n) is 9.20. The van der Waals surface area contributed by atoms with Crippen molar-refractivity contribution in [3.63, 3.8) is 0 Å². The Balaban J connectivity index is 1.79. The number of phenolic OH excluding ortho intramolecular Hbond substituents is 1. The van der Waals surface area contributed by atoms with E-state index in [9.17, 15) is 13.9 Å². The first-order valence-electron chi connectivity index (χ1n) is 11.5. The molecule has 34 heavy (non-hydrogen) atoms. The van der Waals surface area contributed by atoms with Crippen molar-refractivity contribution in [3.05, 3.63) is 48.2 Å². The van der Waals surface area contributed by atoms with E-state index in [0.717, 1.165) is 48.1 Å². The van der Waals surface area contributed by atoms with Crippen LogP contribution in [0, 0.1) is 5.92 Å². The Bertz CT molecular complexity index is 1190. The molecular formula is C26H32N3O4S-. The number of rotatable bonds is 7. The van der Waals surface area contributed by atoms with E-state index in [0.29, 0.717) is 28.8 Å². The van der Waals surface area contributed by atoms with Crippen LogP contribution in [0.15, 0.2) is 42.6 Å². The molecule has 7 nitrogen and oxygen atoms in total. The predicted octanol–water partition coefficient (Wildman–Crippen LogP) is 4.16. The molecule has 0 spiro atoms. The Morgan fingerprint density at radius 3 is 2.65 bits per heavy atom. The fourth-order valence-electron chi connectivity index (χ4n) is 4.94. The van der Waals surface area contributed by atoms with E-state index in [4.69, 9.17) is 4.74 Å². The largest absolute Gasteiger partial charge is 0.772 e. The highest BCUT2D eigenvalue weighted by atomic mass is 32.2. The summed E-state index contributed by atoms with van der Waals surface area (Å²) in [4.78, 5) is 9.12. The van der Waals surface area contributed by atoms with Gasteiger partial charge in [-0.25, -0.2) is 0 Å². The molecule has 1 saturated heterocycles. The second-order valence-corrected chi connectivity index (χ2v) is 10.1. The van der Waals surface area contributed by atoms with Crippen molar-refractivity contribution < 1.29 is 18.6 Å². The number of aromatic nitrogens is 1. The average molecular weight is 483 g/mol. The third-order valence-corrected chi connectivity index (χ3v) is 7.62. The molecule has 1 N–H and O–H groups in total. The minimum absolute atomic E-state index is 0.0779. The molecule has 1 aliphatic heterocycles. The van der Waals surface area contributed by atoms with E-state index in [1.54, 1.807) is 12.3 Å². The van der Waals surface area contributed by atoms with Crippen LogP contribution in [0.4, 0.5) is 5.69 Å². The lowest BCUT2D eigenvalue weighted by molar-refractivity contribution is 0.199. The van der Waals surface area contributed by atoms with Crippen molar-refractivity contribution >= 4 is 27.7 Å². The number of phenols is 1. The van der Waals surface area contributed by atoms with Crippen molar-refractivity contribution in [1.29, 1.82) is 0 Å². The molecule has 2 aromatic carbocycles. The molecule has 2 atom stereocenters. The topological polar surface area (TPSA) is 89.0 Å². The molecule has 2 unspecified atom stereocenters. The number of fused-ring (bicyclic) bond motifs is 1. The number of methoxy groups -OCH3 is 1. The molecule has 0 saturated carbocycles. The van der Waals surface area contributed by atoms with Crippen molar-refractivity contribution in [3.8, 4) is 22.6 Å². The highest BCUT2D eigenvalue weighted by Gasteiger charge is 2.27. The number of nitrogens with zero attached hydrogens (tertiary/aromatic N) is 3. The number of piperidine rings is 1. The maximum atomic E-state index is 11.7. The summed E-state index contributed by atoms with van der Waals surface area (Å²) in [7, 11) is 5.76. The standard InChI is InChI=1S/C26H33N3O4S/c1-17(28(2)3)18-10-12-29(13-11-18)25-20(16-34(31)32)15-27-23-9-8-19(14-22(23)25)21-6-5-7-24(33-4)26(21)30/h5-9,14-15,17-18,30H,10-13,16H2,1-4H3,(H,31,32)/p-1. The number of benzene rings is 2. The molecule has 0 amide bonds. The second kappa shape index (κ2) is 10.3. The summed E-state index contributed by atoms with van der Waals surface area (Å²) in [6.45, 7) is 3.98. The smallest absolute Gasteiger partial charge is 0.165 e. The van der Waals surface area contributed by atoms with E-state index in [1.165, 1.54) is 7.11 Å². The lowest BCUT2D eigenvalue weighted by Crippen LogP contribution is -2.42. The fraction of sp³-hybridized carbons (Fsp3) is 0.423. The monoisotopic (exact) mass is 482 g/mol. The van der Waals surface area contributed by atoms with Crippen LogP contribution in [-0.2, 0) is 16.8 Å². The Kier molecular flexibility index (Phi) is 7.40. The zero-order valence-corrected chi connectivity index (χ0v) is 21.0. The zero-order valence-electron chi connectivity index (χ0n) is 20.2. The van der Waals surface area contributed by atoms with E-state index in [1.807, 2.05) is 30.3 Å². The Labute approximate surface area is 203 Å². The van der Waals surface area contributed by atoms with Crippen LogP contribution in [-0.4, -0.2) is 64.1 Å². The van der Waals surface area contributed by atoms with Crippen LogP contribution < -0.4 is 9.64 Å². The summed E-state index contributed by atoms with van der Waals surface area (Å²) in [6, 6.07) is 11.7. The van der Waals surface area contributed by atoms with Crippen LogP contribution in [0.1, 0.15) is 25.3 Å². The van der Waals surface area contributed by atoms with Crippen LogP contribution in [0.2, 0.25) is 0 Å². The van der Waals surface area contributed by atoms with E-state index in [2.05, 4.69) is 35.8 Å². The summed E-state index contributed by atoms with van der Waals surface area (Å²) in [5, 5.41) is 11.6. The van der Waals surface area contributed by atoms with Crippen LogP contribution in [0.3, 0.4) is 0 Å². The van der Waals surface area contributed by atoms with Gasteiger partial charge in [-0.1, -0.05) is 29.3 Å². The van der Waals surface area contributed by atoms with Gasteiger partial charge in [0.15, 0.2) is 11.5 Å². The molecule has 8 heteroatoms. The molecule has 0 bridgehead atoms. The van der Waals surface area contributed by atoms with Gasteiger partial charge in [-0.15, -0.1) is 0 Å². The number of para-hydroxylation sites is 1. The summed E-state index contributed by atoms with van der Waals surface area (Å²) in [5.74, 6) is 0.999. The predicted molar refractivity (Wildman–Crippen MR) is 136 cm³/mol. The maximum absolute atomic E-state index is 11.7. The van der Waals surface area contributed by atoms with Gasteiger partial charge >= 0.3 is 0 Å². The van der Waals surface area contributed by atoms with E-state index in [-0.39, 0.29) is 11.5 Å². The summed E-state index contributed by atoms with van der Waals surface area (Å²) < 4.78 is 28.6. The average Bonchev–Trinajstić information content (AvgIpc) is 2.83. The molecule has 0 aliphatic carbocycles. The number of ether oxygens (including phenoxy) is 1. The molecule has 3 aromatic rings. The summed E-state index contributed by atoms with van der Waals surface area (Å²) in [6.07, 6.45) is 3.77. The van der Waals surface area contributed by atoms with Gasteiger partial charge in [0.1, 0.15) is 0 Å². The first-order valence-corrected chi connectivity index (χ1v) is 12.8.